The monoisotopic (exact) mass is 261 g/mol. The lowest BCUT2D eigenvalue weighted by molar-refractivity contribution is -0.112. The van der Waals surface area contributed by atoms with E-state index in [0.717, 1.165) is 29.2 Å². The predicted molar refractivity (Wildman–Crippen MR) is 74.6 cm³/mol. The van der Waals surface area contributed by atoms with Gasteiger partial charge in [-0.2, -0.15) is 0 Å². The molecule has 0 spiro atoms. The van der Waals surface area contributed by atoms with Crippen molar-refractivity contribution in [2.24, 2.45) is 0 Å². The summed E-state index contributed by atoms with van der Waals surface area (Å²) < 4.78 is 10.9. The lowest BCUT2D eigenvalue weighted by Gasteiger charge is -2.14. The average Bonchev–Trinajstić information content (AvgIpc) is 3.11. The number of ether oxygens (including phenoxy) is 2. The molecule has 1 saturated heterocycles. The molecular weight excluding hydrogens is 242 g/mol. The van der Waals surface area contributed by atoms with Crippen LogP contribution in [0, 0.1) is 13.8 Å². The van der Waals surface area contributed by atoms with Crippen molar-refractivity contribution in [3.63, 3.8) is 0 Å². The Morgan fingerprint density at radius 3 is 2.53 bits per heavy atom. The molecule has 1 aliphatic rings. The van der Waals surface area contributed by atoms with E-state index in [2.05, 4.69) is 11.9 Å². The third-order valence-corrected chi connectivity index (χ3v) is 2.92. The molecule has 1 aromatic rings. The second-order valence-corrected chi connectivity index (χ2v) is 4.94. The Hall–Kier alpha value is -1.81. The maximum atomic E-state index is 11.6. The molecule has 1 atom stereocenters. The SMILES string of the molecule is C=C(C)C(=O)Nc1cc(C)c(OCC2CO2)c(C)c1. The van der Waals surface area contributed by atoms with E-state index >= 15 is 0 Å². The molecule has 1 N–H and O–H groups in total. The minimum atomic E-state index is -0.168. The lowest BCUT2D eigenvalue weighted by atomic mass is 10.1. The molecule has 1 unspecified atom stereocenters. The molecule has 102 valence electrons. The maximum Gasteiger partial charge on any atom is 0.250 e. The van der Waals surface area contributed by atoms with Crippen LogP contribution in [0.4, 0.5) is 5.69 Å². The highest BCUT2D eigenvalue weighted by molar-refractivity contribution is 6.02. The summed E-state index contributed by atoms with van der Waals surface area (Å²) in [5.74, 6) is 0.697. The van der Waals surface area contributed by atoms with Crippen LogP contribution in [0.1, 0.15) is 18.1 Å². The molecule has 0 aliphatic carbocycles. The van der Waals surface area contributed by atoms with Gasteiger partial charge in [-0.3, -0.25) is 4.79 Å². The van der Waals surface area contributed by atoms with Gasteiger partial charge in [0.25, 0.3) is 5.91 Å². The lowest BCUT2D eigenvalue weighted by Crippen LogP contribution is -2.12. The number of epoxide rings is 1. The van der Waals surface area contributed by atoms with Crippen LogP contribution in [0.5, 0.6) is 5.75 Å². The molecule has 2 rings (SSSR count). The number of amides is 1. The molecule has 0 bridgehead atoms. The first-order valence-electron chi connectivity index (χ1n) is 6.30. The Bertz CT molecular complexity index is 495. The summed E-state index contributed by atoms with van der Waals surface area (Å²) in [7, 11) is 0. The fraction of sp³-hybridized carbons (Fsp3) is 0.400. The Labute approximate surface area is 113 Å². The molecule has 1 heterocycles. The highest BCUT2D eigenvalue weighted by Gasteiger charge is 2.23. The molecular formula is C15H19NO3. The number of aryl methyl sites for hydroxylation is 2. The van der Waals surface area contributed by atoms with Crippen LogP contribution < -0.4 is 10.1 Å². The van der Waals surface area contributed by atoms with Crippen LogP contribution in [-0.2, 0) is 9.53 Å². The number of rotatable bonds is 5. The summed E-state index contributed by atoms with van der Waals surface area (Å²) >= 11 is 0. The van der Waals surface area contributed by atoms with Gasteiger partial charge in [0.1, 0.15) is 18.5 Å². The van der Waals surface area contributed by atoms with Crippen molar-refractivity contribution >= 4 is 11.6 Å². The van der Waals surface area contributed by atoms with E-state index in [9.17, 15) is 4.79 Å². The van der Waals surface area contributed by atoms with E-state index in [0.29, 0.717) is 12.2 Å². The molecule has 1 fully saturated rings. The normalized spacial score (nSPS) is 16.9. The molecule has 4 heteroatoms. The van der Waals surface area contributed by atoms with Crippen LogP contribution in [0.3, 0.4) is 0 Å². The first kappa shape index (κ1) is 13.6. The van der Waals surface area contributed by atoms with E-state index in [-0.39, 0.29) is 12.0 Å². The second kappa shape index (κ2) is 5.45. The highest BCUT2D eigenvalue weighted by Crippen LogP contribution is 2.28. The Kier molecular flexibility index (Phi) is 3.90. The van der Waals surface area contributed by atoms with Gasteiger partial charge in [-0.05, 0) is 44.0 Å². The van der Waals surface area contributed by atoms with Gasteiger partial charge in [0, 0.05) is 11.3 Å². The van der Waals surface area contributed by atoms with E-state index in [1.807, 2.05) is 26.0 Å². The quantitative estimate of drug-likeness (QED) is 0.654. The van der Waals surface area contributed by atoms with Crippen LogP contribution >= 0.6 is 0 Å². The third kappa shape index (κ3) is 3.58. The van der Waals surface area contributed by atoms with E-state index in [1.54, 1.807) is 6.92 Å². The number of carbonyl (C=O) groups is 1. The number of benzene rings is 1. The minimum absolute atomic E-state index is 0.168. The molecule has 4 nitrogen and oxygen atoms in total. The van der Waals surface area contributed by atoms with Crippen molar-refractivity contribution in [1.82, 2.24) is 0 Å². The van der Waals surface area contributed by atoms with Gasteiger partial charge >= 0.3 is 0 Å². The molecule has 0 aromatic heterocycles. The van der Waals surface area contributed by atoms with Crippen molar-refractivity contribution in [3.05, 3.63) is 35.4 Å². The van der Waals surface area contributed by atoms with Gasteiger partial charge in [0.2, 0.25) is 0 Å². The van der Waals surface area contributed by atoms with Crippen LogP contribution in [0.25, 0.3) is 0 Å². The van der Waals surface area contributed by atoms with Gasteiger partial charge < -0.3 is 14.8 Å². The van der Waals surface area contributed by atoms with Crippen molar-refractivity contribution in [3.8, 4) is 5.75 Å². The first-order chi connectivity index (χ1) is 8.97. The molecule has 1 aliphatic heterocycles. The summed E-state index contributed by atoms with van der Waals surface area (Å²) in [5.41, 5.74) is 3.25. The van der Waals surface area contributed by atoms with E-state index in [4.69, 9.17) is 9.47 Å². The second-order valence-electron chi connectivity index (χ2n) is 4.94. The largest absolute Gasteiger partial charge is 0.490 e. The number of anilines is 1. The van der Waals surface area contributed by atoms with Gasteiger partial charge in [-0.25, -0.2) is 0 Å². The van der Waals surface area contributed by atoms with E-state index < -0.39 is 0 Å². The molecule has 19 heavy (non-hydrogen) atoms. The van der Waals surface area contributed by atoms with Crippen molar-refractivity contribution < 1.29 is 14.3 Å². The smallest absolute Gasteiger partial charge is 0.250 e. The average molecular weight is 261 g/mol. The van der Waals surface area contributed by atoms with E-state index in [1.165, 1.54) is 0 Å². The number of carbonyl (C=O) groups excluding carboxylic acids is 1. The van der Waals surface area contributed by atoms with Crippen LogP contribution in [0.2, 0.25) is 0 Å². The molecule has 0 radical (unpaired) electrons. The predicted octanol–water partition coefficient (Wildman–Crippen LogP) is 2.60. The Morgan fingerprint density at radius 2 is 2.05 bits per heavy atom. The fourth-order valence-electron chi connectivity index (χ4n) is 1.83. The third-order valence-electron chi connectivity index (χ3n) is 2.92. The summed E-state index contributed by atoms with van der Waals surface area (Å²) in [5, 5.41) is 2.81. The fourth-order valence-corrected chi connectivity index (χ4v) is 1.83. The number of hydrogen-bond acceptors (Lipinski definition) is 3. The zero-order valence-corrected chi connectivity index (χ0v) is 11.6. The van der Waals surface area contributed by atoms with Gasteiger partial charge in [-0.1, -0.05) is 6.58 Å². The van der Waals surface area contributed by atoms with Crippen molar-refractivity contribution in [2.75, 3.05) is 18.5 Å². The number of nitrogens with one attached hydrogen (secondary N) is 1. The Balaban J connectivity index is 2.10. The summed E-state index contributed by atoms with van der Waals surface area (Å²) in [6, 6.07) is 3.80. The molecule has 1 amide bonds. The minimum Gasteiger partial charge on any atom is -0.490 e. The molecule has 1 aromatic carbocycles. The zero-order valence-electron chi connectivity index (χ0n) is 11.6. The van der Waals surface area contributed by atoms with Crippen molar-refractivity contribution in [2.45, 2.75) is 26.9 Å². The van der Waals surface area contributed by atoms with Crippen LogP contribution in [-0.4, -0.2) is 25.2 Å². The zero-order chi connectivity index (χ0) is 14.0. The van der Waals surface area contributed by atoms with Gasteiger partial charge in [0.15, 0.2) is 0 Å². The van der Waals surface area contributed by atoms with Gasteiger partial charge in [-0.15, -0.1) is 0 Å². The summed E-state index contributed by atoms with van der Waals surface area (Å²) in [6.07, 6.45) is 0.238. The standard InChI is InChI=1S/C15H19NO3/c1-9(2)15(17)16-12-5-10(3)14(11(4)6-12)19-8-13-7-18-13/h5-6,13H,1,7-8H2,2-4H3,(H,16,17). The van der Waals surface area contributed by atoms with Gasteiger partial charge in [0.05, 0.1) is 6.61 Å². The Morgan fingerprint density at radius 1 is 1.47 bits per heavy atom. The maximum absolute atomic E-state index is 11.6. The van der Waals surface area contributed by atoms with Crippen molar-refractivity contribution in [1.29, 1.82) is 0 Å². The van der Waals surface area contributed by atoms with Crippen LogP contribution in [0.15, 0.2) is 24.3 Å². The number of hydrogen-bond donors (Lipinski definition) is 1. The summed E-state index contributed by atoms with van der Waals surface area (Å²) in [6.45, 7) is 10.6. The molecule has 0 saturated carbocycles. The first-order valence-corrected chi connectivity index (χ1v) is 6.30. The summed E-state index contributed by atoms with van der Waals surface area (Å²) in [4.78, 5) is 11.6. The highest BCUT2D eigenvalue weighted by atomic mass is 16.6. The topological polar surface area (TPSA) is 50.9 Å².